The highest BCUT2D eigenvalue weighted by atomic mass is 35.5. The summed E-state index contributed by atoms with van der Waals surface area (Å²) in [6, 6.07) is 11.3. The van der Waals surface area contributed by atoms with Crippen molar-refractivity contribution in [3.63, 3.8) is 0 Å². The average molecular weight is 513 g/mol. The number of likely N-dealkylation sites (N-methyl/N-ethyl adjacent to an activating group) is 1. The van der Waals surface area contributed by atoms with Crippen LogP contribution in [-0.2, 0) is 42.6 Å². The molecule has 5 rings (SSSR count). The van der Waals surface area contributed by atoms with Crippen LogP contribution in [-0.4, -0.2) is 45.5 Å². The maximum Gasteiger partial charge on any atom is 0.355 e. The van der Waals surface area contributed by atoms with E-state index in [0.717, 1.165) is 21.4 Å². The molecule has 2 aromatic heterocycles. The second kappa shape index (κ2) is 9.03. The zero-order valence-corrected chi connectivity index (χ0v) is 20.8. The van der Waals surface area contributed by atoms with Crippen LogP contribution in [0, 0.1) is 0 Å². The lowest BCUT2D eigenvalue weighted by Gasteiger charge is -2.37. The minimum Gasteiger partial charge on any atom is -0.457 e. The first-order chi connectivity index (χ1) is 16.7. The molecule has 10 nitrogen and oxygen atoms in total. The highest BCUT2D eigenvalue weighted by molar-refractivity contribution is 5.90. The van der Waals surface area contributed by atoms with Crippen molar-refractivity contribution in [3.8, 4) is 11.4 Å². The summed E-state index contributed by atoms with van der Waals surface area (Å²) in [6.45, 7) is 2.99. The van der Waals surface area contributed by atoms with Crippen molar-refractivity contribution in [2.75, 3.05) is 7.05 Å². The molecule has 0 bridgehead atoms. The maximum atomic E-state index is 13.5. The Morgan fingerprint density at radius 2 is 2.00 bits per heavy atom. The molecule has 0 radical (unpaired) electrons. The number of aromatic nitrogens is 2. The molecule has 0 saturated heterocycles. The number of hydrogen-bond acceptors (Lipinski definition) is 8. The average Bonchev–Trinajstić information content (AvgIpc) is 3.21. The normalized spacial score (nSPS) is 18.3. The lowest BCUT2D eigenvalue weighted by atomic mass is 9.85. The summed E-state index contributed by atoms with van der Waals surface area (Å²) < 4.78 is 12.6. The number of carbonyl (C=O) groups excluding carboxylic acids is 3. The van der Waals surface area contributed by atoms with Crippen molar-refractivity contribution in [1.29, 1.82) is 0 Å². The van der Waals surface area contributed by atoms with Crippen LogP contribution in [0.3, 0.4) is 0 Å². The summed E-state index contributed by atoms with van der Waals surface area (Å²) in [5.74, 6) is -2.23. The van der Waals surface area contributed by atoms with Gasteiger partial charge in [-0.15, -0.1) is 12.4 Å². The van der Waals surface area contributed by atoms with Crippen LogP contribution in [0.2, 0.25) is 0 Å². The summed E-state index contributed by atoms with van der Waals surface area (Å²) in [5.41, 5.74) is 6.97. The molecule has 1 aromatic carbocycles. The molecule has 2 N–H and O–H groups in total. The minimum atomic E-state index is -1.88. The Bertz CT molecular complexity index is 1490. The molecule has 11 heteroatoms. The van der Waals surface area contributed by atoms with Gasteiger partial charge in [-0.1, -0.05) is 25.1 Å². The van der Waals surface area contributed by atoms with E-state index in [1.165, 1.54) is 14.0 Å². The molecule has 0 saturated carbocycles. The van der Waals surface area contributed by atoms with E-state index in [1.54, 1.807) is 17.6 Å². The molecule has 3 aromatic rings. The Balaban J connectivity index is 0.00000304. The highest BCUT2D eigenvalue weighted by Crippen LogP contribution is 2.41. The van der Waals surface area contributed by atoms with Crippen molar-refractivity contribution >= 4 is 41.2 Å². The number of nitrogens with two attached hydrogens (primary N) is 1. The van der Waals surface area contributed by atoms with Crippen molar-refractivity contribution in [3.05, 3.63) is 63.4 Å². The number of nitrogens with zero attached hydrogens (tertiary/aromatic N) is 3. The number of esters is 2. The van der Waals surface area contributed by atoms with Crippen LogP contribution >= 0.6 is 12.4 Å². The molecule has 0 fully saturated rings. The second-order valence-corrected chi connectivity index (χ2v) is 8.75. The van der Waals surface area contributed by atoms with E-state index in [-0.39, 0.29) is 42.1 Å². The lowest BCUT2D eigenvalue weighted by molar-refractivity contribution is -0.192. The van der Waals surface area contributed by atoms with Gasteiger partial charge in [0, 0.05) is 30.5 Å². The summed E-state index contributed by atoms with van der Waals surface area (Å²) in [5, 5.41) is 0.954. The van der Waals surface area contributed by atoms with Gasteiger partial charge in [0.2, 0.25) is 11.5 Å². The third kappa shape index (κ3) is 3.64. The van der Waals surface area contributed by atoms with E-state index in [4.69, 9.17) is 20.2 Å². The summed E-state index contributed by atoms with van der Waals surface area (Å²) in [6.07, 6.45) is -1.43. The van der Waals surface area contributed by atoms with Gasteiger partial charge in [0.1, 0.15) is 6.61 Å². The largest absolute Gasteiger partial charge is 0.457 e. The third-order valence-corrected chi connectivity index (χ3v) is 6.81. The molecule has 0 spiro atoms. The van der Waals surface area contributed by atoms with Crippen LogP contribution in [0.15, 0.2) is 41.2 Å². The molecule has 1 amide bonds. The van der Waals surface area contributed by atoms with Crippen molar-refractivity contribution in [2.24, 2.45) is 5.73 Å². The van der Waals surface area contributed by atoms with Crippen LogP contribution < -0.4 is 11.3 Å². The van der Waals surface area contributed by atoms with Gasteiger partial charge in [-0.2, -0.15) is 0 Å². The minimum absolute atomic E-state index is 0. The number of pyridine rings is 2. The third-order valence-electron chi connectivity index (χ3n) is 6.81. The molecular formula is C25H25ClN4O6. The molecule has 4 heterocycles. The van der Waals surface area contributed by atoms with Gasteiger partial charge in [-0.25, -0.2) is 14.6 Å². The molecule has 188 valence electrons. The van der Waals surface area contributed by atoms with Crippen LogP contribution in [0.5, 0.6) is 0 Å². The Labute approximate surface area is 212 Å². The highest BCUT2D eigenvalue weighted by Gasteiger charge is 2.51. The van der Waals surface area contributed by atoms with E-state index < -0.39 is 29.6 Å². The van der Waals surface area contributed by atoms with Gasteiger partial charge >= 0.3 is 11.9 Å². The smallest absolute Gasteiger partial charge is 0.355 e. The number of carbonyl (C=O) groups is 3. The number of hydrogen-bond donors (Lipinski definition) is 1. The number of para-hydroxylation sites is 1. The van der Waals surface area contributed by atoms with Crippen LogP contribution in [0.25, 0.3) is 22.3 Å². The number of cyclic esters (lactones) is 1. The fourth-order valence-corrected chi connectivity index (χ4v) is 4.67. The van der Waals surface area contributed by atoms with E-state index >= 15 is 0 Å². The van der Waals surface area contributed by atoms with Crippen molar-refractivity contribution in [1.82, 2.24) is 14.5 Å². The Morgan fingerprint density at radius 1 is 1.28 bits per heavy atom. The van der Waals surface area contributed by atoms with Crippen molar-refractivity contribution in [2.45, 2.75) is 45.2 Å². The van der Waals surface area contributed by atoms with E-state index in [2.05, 4.69) is 0 Å². The summed E-state index contributed by atoms with van der Waals surface area (Å²) >= 11 is 0. The number of rotatable bonds is 4. The summed E-state index contributed by atoms with van der Waals surface area (Å²) in [4.78, 5) is 56.9. The van der Waals surface area contributed by atoms with E-state index in [0.29, 0.717) is 17.9 Å². The fraction of sp³-hybridized carbons (Fsp3) is 0.320. The maximum absolute atomic E-state index is 13.5. The zero-order valence-electron chi connectivity index (χ0n) is 19.9. The molecule has 1 unspecified atom stereocenters. The Kier molecular flexibility index (Phi) is 6.36. The molecule has 2 aliphatic rings. The van der Waals surface area contributed by atoms with Gasteiger partial charge in [0.15, 0.2) is 6.17 Å². The molecular weight excluding hydrogens is 488 g/mol. The lowest BCUT2D eigenvalue weighted by Crippen LogP contribution is -2.54. The predicted octanol–water partition coefficient (Wildman–Crippen LogP) is 1.82. The summed E-state index contributed by atoms with van der Waals surface area (Å²) in [7, 11) is 1.35. The fourth-order valence-electron chi connectivity index (χ4n) is 4.67. The Morgan fingerprint density at radius 3 is 2.69 bits per heavy atom. The number of fused-ring (bicyclic) bond motifs is 5. The number of benzene rings is 1. The van der Waals surface area contributed by atoms with Gasteiger partial charge in [0.05, 0.1) is 29.0 Å². The van der Waals surface area contributed by atoms with Gasteiger partial charge in [-0.05, 0) is 24.6 Å². The Hall–Kier alpha value is -3.76. The molecule has 2 aliphatic heterocycles. The first-order valence-electron chi connectivity index (χ1n) is 11.2. The standard InChI is InChI=1S/C25H24N4O6.ClH/c1-4-25(35-23(32)21(26)28(3)13(2)30)17-10-19-20-15(9-14-7-5-6-8-18(14)27-20)11-29(19)22(31)16(17)12-34-24(25)33;/h5-10,21H,4,11-12,26H2,1-3H3;1H/t21-,25?;/m0./s1. The molecule has 2 atom stereocenters. The van der Waals surface area contributed by atoms with Gasteiger partial charge in [-0.3, -0.25) is 9.59 Å². The topological polar surface area (TPSA) is 134 Å². The van der Waals surface area contributed by atoms with Gasteiger partial charge in [0.25, 0.3) is 5.56 Å². The molecule has 0 aliphatic carbocycles. The number of ether oxygens (including phenoxy) is 2. The number of amides is 1. The van der Waals surface area contributed by atoms with E-state index in [9.17, 15) is 19.2 Å². The monoisotopic (exact) mass is 512 g/mol. The molecule has 36 heavy (non-hydrogen) atoms. The van der Waals surface area contributed by atoms with Crippen LogP contribution in [0.1, 0.15) is 37.0 Å². The van der Waals surface area contributed by atoms with Crippen molar-refractivity contribution < 1.29 is 23.9 Å². The van der Waals surface area contributed by atoms with Gasteiger partial charge < -0.3 is 24.7 Å². The first-order valence-corrected chi connectivity index (χ1v) is 11.2. The number of halogens is 1. The van der Waals surface area contributed by atoms with Crippen LogP contribution in [0.4, 0.5) is 0 Å². The zero-order chi connectivity index (χ0) is 25.1. The predicted molar refractivity (Wildman–Crippen MR) is 132 cm³/mol. The second-order valence-electron chi connectivity index (χ2n) is 8.75. The first kappa shape index (κ1) is 25.3. The SMILES string of the molecule is CCC1(OC(=O)[C@@H](N)N(C)C(C)=O)C(=O)OCc2c1cc1n(c2=O)Cc2cc3ccccc3nc2-1.Cl. The van der Waals surface area contributed by atoms with E-state index in [1.807, 2.05) is 30.3 Å². The quantitative estimate of drug-likeness (QED) is 0.323.